The van der Waals surface area contributed by atoms with Crippen LogP contribution in [0.5, 0.6) is 0 Å². The minimum Gasteiger partial charge on any atom is -0.351 e. The van der Waals surface area contributed by atoms with Gasteiger partial charge >= 0.3 is 0 Å². The summed E-state index contributed by atoms with van der Waals surface area (Å²) in [5, 5.41) is 1.14. The first-order valence-corrected chi connectivity index (χ1v) is 7.35. The molecule has 0 spiro atoms. The van der Waals surface area contributed by atoms with Crippen LogP contribution in [0.2, 0.25) is 10.0 Å². The summed E-state index contributed by atoms with van der Waals surface area (Å²) in [4.78, 5) is 20.7. The van der Waals surface area contributed by atoms with Crippen LogP contribution in [0.4, 0.5) is 11.6 Å². The number of halogens is 2. The highest BCUT2D eigenvalue weighted by molar-refractivity contribution is 6.33. The molecule has 0 saturated carbocycles. The Morgan fingerprint density at radius 1 is 1.00 bits per heavy atom. The number of hydrogen-bond donors (Lipinski definition) is 0. The highest BCUT2D eigenvalue weighted by atomic mass is 35.5. The van der Waals surface area contributed by atoms with Gasteiger partial charge in [0.2, 0.25) is 0 Å². The Morgan fingerprint density at radius 3 is 2.19 bits per heavy atom. The van der Waals surface area contributed by atoms with E-state index < -0.39 is 0 Å². The largest absolute Gasteiger partial charge is 0.351 e. The summed E-state index contributed by atoms with van der Waals surface area (Å²) < 4.78 is 0. The van der Waals surface area contributed by atoms with Crippen molar-refractivity contribution in [1.82, 2.24) is 19.9 Å². The molecule has 8 heteroatoms. The summed E-state index contributed by atoms with van der Waals surface area (Å²) in [6.07, 6.45) is 6.26. The summed E-state index contributed by atoms with van der Waals surface area (Å²) in [5.74, 6) is 1.54. The molecule has 0 aliphatic carbocycles. The smallest absolute Gasteiger partial charge is 0.151 e. The van der Waals surface area contributed by atoms with E-state index in [1.165, 1.54) is 12.7 Å². The van der Waals surface area contributed by atoms with Crippen molar-refractivity contribution in [3.8, 4) is 0 Å². The molecule has 21 heavy (non-hydrogen) atoms. The van der Waals surface area contributed by atoms with Crippen LogP contribution in [0.1, 0.15) is 6.92 Å². The molecule has 1 aliphatic rings. The minimum atomic E-state index is 0.234. The van der Waals surface area contributed by atoms with Crippen LogP contribution in [0.15, 0.2) is 25.0 Å². The summed E-state index contributed by atoms with van der Waals surface area (Å²) in [7, 11) is 0. The van der Waals surface area contributed by atoms with E-state index in [1.54, 1.807) is 12.4 Å². The van der Waals surface area contributed by atoms with Crippen LogP contribution in [-0.2, 0) is 0 Å². The second kappa shape index (κ2) is 5.99. The Morgan fingerprint density at radius 2 is 1.62 bits per heavy atom. The second-order valence-corrected chi connectivity index (χ2v) is 5.69. The average molecular weight is 325 g/mol. The van der Waals surface area contributed by atoms with Gasteiger partial charge in [0.25, 0.3) is 0 Å². The third-order valence-electron chi connectivity index (χ3n) is 3.50. The van der Waals surface area contributed by atoms with Gasteiger partial charge in [-0.3, -0.25) is 0 Å². The van der Waals surface area contributed by atoms with Gasteiger partial charge in [-0.2, -0.15) is 0 Å². The van der Waals surface area contributed by atoms with E-state index in [4.69, 9.17) is 23.2 Å². The standard InChI is InChI=1S/C13H14Cl2N6/c1-9-6-20(12-10(14)4-16-7-18-12)2-3-21(9)13-11(15)5-17-8-19-13/h4-5,7-9H,2-3,6H2,1H3. The summed E-state index contributed by atoms with van der Waals surface area (Å²) >= 11 is 12.3. The lowest BCUT2D eigenvalue weighted by Gasteiger charge is -2.41. The Labute approximate surface area is 132 Å². The normalized spacial score (nSPS) is 18.9. The van der Waals surface area contributed by atoms with Crippen molar-refractivity contribution in [1.29, 1.82) is 0 Å². The van der Waals surface area contributed by atoms with Crippen molar-refractivity contribution < 1.29 is 0 Å². The van der Waals surface area contributed by atoms with E-state index >= 15 is 0 Å². The molecule has 0 N–H and O–H groups in total. The molecule has 3 rings (SSSR count). The molecular formula is C13H14Cl2N6. The SMILES string of the molecule is CC1CN(c2ncncc2Cl)CCN1c1ncncc1Cl. The van der Waals surface area contributed by atoms with Crippen molar-refractivity contribution in [2.24, 2.45) is 0 Å². The first kappa shape index (κ1) is 14.3. The Bertz CT molecular complexity index is 638. The molecule has 6 nitrogen and oxygen atoms in total. The number of hydrogen-bond acceptors (Lipinski definition) is 6. The van der Waals surface area contributed by atoms with Crippen LogP contribution in [0, 0.1) is 0 Å². The van der Waals surface area contributed by atoms with Crippen molar-refractivity contribution in [2.75, 3.05) is 29.4 Å². The Kier molecular flexibility index (Phi) is 4.07. The van der Waals surface area contributed by atoms with Crippen molar-refractivity contribution in [3.63, 3.8) is 0 Å². The molecule has 1 atom stereocenters. The van der Waals surface area contributed by atoms with Gasteiger partial charge in [0.1, 0.15) is 22.7 Å². The third kappa shape index (κ3) is 2.87. The van der Waals surface area contributed by atoms with E-state index in [0.29, 0.717) is 10.0 Å². The van der Waals surface area contributed by atoms with Crippen LogP contribution in [0.25, 0.3) is 0 Å². The van der Waals surface area contributed by atoms with Gasteiger partial charge in [0.05, 0.1) is 12.4 Å². The van der Waals surface area contributed by atoms with E-state index in [9.17, 15) is 0 Å². The van der Waals surface area contributed by atoms with Crippen molar-refractivity contribution in [3.05, 3.63) is 35.1 Å². The molecule has 0 bridgehead atoms. The fraction of sp³-hybridized carbons (Fsp3) is 0.385. The first-order valence-electron chi connectivity index (χ1n) is 6.59. The molecule has 1 aliphatic heterocycles. The van der Waals surface area contributed by atoms with Crippen LogP contribution >= 0.6 is 23.2 Å². The van der Waals surface area contributed by atoms with E-state index in [0.717, 1.165) is 31.3 Å². The number of nitrogens with zero attached hydrogens (tertiary/aromatic N) is 6. The third-order valence-corrected chi connectivity index (χ3v) is 4.03. The van der Waals surface area contributed by atoms with Crippen LogP contribution in [-0.4, -0.2) is 45.6 Å². The maximum absolute atomic E-state index is 6.18. The van der Waals surface area contributed by atoms with E-state index in [-0.39, 0.29) is 6.04 Å². The molecule has 0 aromatic carbocycles. The van der Waals surface area contributed by atoms with Gasteiger partial charge < -0.3 is 9.80 Å². The lowest BCUT2D eigenvalue weighted by Crippen LogP contribution is -2.52. The van der Waals surface area contributed by atoms with Gasteiger partial charge in [0.15, 0.2) is 11.6 Å². The zero-order valence-electron chi connectivity index (χ0n) is 11.4. The number of anilines is 2. The first-order chi connectivity index (χ1) is 10.2. The lowest BCUT2D eigenvalue weighted by atomic mass is 10.2. The minimum absolute atomic E-state index is 0.234. The quantitative estimate of drug-likeness (QED) is 0.844. The fourth-order valence-electron chi connectivity index (χ4n) is 2.52. The highest BCUT2D eigenvalue weighted by Crippen LogP contribution is 2.28. The lowest BCUT2D eigenvalue weighted by molar-refractivity contribution is 0.542. The van der Waals surface area contributed by atoms with Gasteiger partial charge in [-0.05, 0) is 6.92 Å². The van der Waals surface area contributed by atoms with Crippen LogP contribution in [0.3, 0.4) is 0 Å². The topological polar surface area (TPSA) is 58.0 Å². The van der Waals surface area contributed by atoms with Crippen molar-refractivity contribution >= 4 is 34.8 Å². The fourth-order valence-corrected chi connectivity index (χ4v) is 2.96. The predicted molar refractivity (Wildman–Crippen MR) is 83.1 cm³/mol. The maximum atomic E-state index is 6.18. The average Bonchev–Trinajstić information content (AvgIpc) is 2.49. The predicted octanol–water partition coefficient (Wildman–Crippen LogP) is 2.29. The zero-order chi connectivity index (χ0) is 14.8. The summed E-state index contributed by atoms with van der Waals surface area (Å²) in [5.41, 5.74) is 0. The molecule has 1 saturated heterocycles. The molecule has 1 unspecified atom stereocenters. The van der Waals surface area contributed by atoms with Crippen LogP contribution < -0.4 is 9.80 Å². The molecule has 3 heterocycles. The monoisotopic (exact) mass is 324 g/mol. The molecule has 2 aromatic heterocycles. The molecule has 0 radical (unpaired) electrons. The summed E-state index contributed by atoms with van der Waals surface area (Å²) in [6, 6.07) is 0.234. The molecular weight excluding hydrogens is 311 g/mol. The zero-order valence-corrected chi connectivity index (χ0v) is 13.0. The van der Waals surface area contributed by atoms with Gasteiger partial charge in [0, 0.05) is 25.7 Å². The number of piperazine rings is 1. The maximum Gasteiger partial charge on any atom is 0.151 e. The Hall–Kier alpha value is -1.66. The van der Waals surface area contributed by atoms with E-state index in [2.05, 4.69) is 36.7 Å². The molecule has 2 aromatic rings. The number of rotatable bonds is 2. The van der Waals surface area contributed by atoms with Gasteiger partial charge in [-0.1, -0.05) is 23.2 Å². The summed E-state index contributed by atoms with van der Waals surface area (Å²) in [6.45, 7) is 4.50. The Balaban J connectivity index is 1.79. The van der Waals surface area contributed by atoms with Gasteiger partial charge in [-0.15, -0.1) is 0 Å². The molecule has 0 amide bonds. The highest BCUT2D eigenvalue weighted by Gasteiger charge is 2.27. The van der Waals surface area contributed by atoms with E-state index in [1.807, 2.05) is 0 Å². The second-order valence-electron chi connectivity index (χ2n) is 4.88. The molecule has 110 valence electrons. The molecule has 1 fully saturated rings. The van der Waals surface area contributed by atoms with Crippen molar-refractivity contribution in [2.45, 2.75) is 13.0 Å². The van der Waals surface area contributed by atoms with Gasteiger partial charge in [-0.25, -0.2) is 19.9 Å². The number of aromatic nitrogens is 4.